The Morgan fingerprint density at radius 1 is 1.00 bits per heavy atom. The number of hydrogen-bond acceptors (Lipinski definition) is 4. The van der Waals surface area contributed by atoms with Crippen LogP contribution in [0, 0.1) is 20.8 Å². The van der Waals surface area contributed by atoms with Gasteiger partial charge in [0.15, 0.2) is 5.76 Å². The molecule has 3 aromatic rings. The van der Waals surface area contributed by atoms with Crippen molar-refractivity contribution in [1.29, 1.82) is 0 Å². The Morgan fingerprint density at radius 3 is 2.37 bits per heavy atom. The number of fused-ring (bicyclic) bond motifs is 1. The molecule has 0 bridgehead atoms. The monoisotopic (exact) mass is 405 g/mol. The molecular weight excluding hydrogens is 378 g/mol. The van der Waals surface area contributed by atoms with E-state index < -0.39 is 5.91 Å². The number of benzene rings is 2. The van der Waals surface area contributed by atoms with Gasteiger partial charge >= 0.3 is 0 Å². The first-order valence-corrected chi connectivity index (χ1v) is 10.4. The SMILES string of the molecule is Cc1ccc(C)c2c(C)c(C(=O)Nc3cc(C(N)=O)ccc3N3CCCCC3)oc12. The third-order valence-corrected chi connectivity index (χ3v) is 5.91. The van der Waals surface area contributed by atoms with Crippen molar-refractivity contribution in [3.63, 3.8) is 0 Å². The Morgan fingerprint density at radius 2 is 1.70 bits per heavy atom. The molecule has 0 unspecified atom stereocenters. The molecule has 0 atom stereocenters. The largest absolute Gasteiger partial charge is 0.450 e. The molecule has 3 N–H and O–H groups in total. The van der Waals surface area contributed by atoms with Crippen LogP contribution in [0.5, 0.6) is 0 Å². The summed E-state index contributed by atoms with van der Waals surface area (Å²) in [6, 6.07) is 9.25. The summed E-state index contributed by atoms with van der Waals surface area (Å²) in [5, 5.41) is 3.95. The Hall–Kier alpha value is -3.28. The van der Waals surface area contributed by atoms with Gasteiger partial charge < -0.3 is 20.4 Å². The number of nitrogens with one attached hydrogen (secondary N) is 1. The van der Waals surface area contributed by atoms with Crippen LogP contribution in [0.15, 0.2) is 34.7 Å². The maximum Gasteiger partial charge on any atom is 0.291 e. The zero-order valence-corrected chi connectivity index (χ0v) is 17.7. The van der Waals surface area contributed by atoms with Crippen molar-refractivity contribution in [3.05, 3.63) is 58.3 Å². The maximum atomic E-state index is 13.2. The summed E-state index contributed by atoms with van der Waals surface area (Å²) in [7, 11) is 0. The summed E-state index contributed by atoms with van der Waals surface area (Å²) >= 11 is 0. The van der Waals surface area contributed by atoms with Crippen molar-refractivity contribution in [2.75, 3.05) is 23.3 Å². The number of carbonyl (C=O) groups is 2. The van der Waals surface area contributed by atoms with Crippen LogP contribution in [-0.2, 0) is 0 Å². The number of nitrogens with two attached hydrogens (primary N) is 1. The van der Waals surface area contributed by atoms with E-state index in [9.17, 15) is 9.59 Å². The van der Waals surface area contributed by atoms with Gasteiger partial charge in [-0.2, -0.15) is 0 Å². The Kier molecular flexibility index (Phi) is 5.24. The minimum atomic E-state index is -0.526. The zero-order valence-electron chi connectivity index (χ0n) is 17.7. The normalized spacial score (nSPS) is 14.2. The number of hydrogen-bond donors (Lipinski definition) is 2. The number of rotatable bonds is 4. The predicted octanol–water partition coefficient (Wildman–Crippen LogP) is 4.70. The average Bonchev–Trinajstić information content (AvgIpc) is 3.10. The van der Waals surface area contributed by atoms with Crippen LogP contribution in [0.1, 0.15) is 56.9 Å². The zero-order chi connectivity index (χ0) is 21.4. The molecule has 2 aromatic carbocycles. The number of nitrogens with zero attached hydrogens (tertiary/aromatic N) is 1. The molecule has 2 amide bonds. The van der Waals surface area contributed by atoms with E-state index in [1.165, 1.54) is 6.42 Å². The van der Waals surface area contributed by atoms with Crippen molar-refractivity contribution < 1.29 is 14.0 Å². The lowest BCUT2D eigenvalue weighted by atomic mass is 10.0. The van der Waals surface area contributed by atoms with Crippen LogP contribution in [0.4, 0.5) is 11.4 Å². The van der Waals surface area contributed by atoms with Crippen molar-refractivity contribution in [1.82, 2.24) is 0 Å². The lowest BCUT2D eigenvalue weighted by Crippen LogP contribution is -2.30. The van der Waals surface area contributed by atoms with Gasteiger partial charge in [-0.25, -0.2) is 0 Å². The van der Waals surface area contributed by atoms with E-state index >= 15 is 0 Å². The first-order chi connectivity index (χ1) is 14.4. The molecule has 1 fully saturated rings. The fourth-order valence-corrected chi connectivity index (χ4v) is 4.27. The topological polar surface area (TPSA) is 88.6 Å². The standard InChI is InChI=1S/C24H27N3O3/c1-14-7-8-15(2)21-20(14)16(3)22(30-21)24(29)26-18-13-17(23(25)28)9-10-19(18)27-11-5-4-6-12-27/h7-10,13H,4-6,11-12H2,1-3H3,(H2,25,28)(H,26,29). The van der Waals surface area contributed by atoms with Crippen molar-refractivity contribution >= 4 is 34.2 Å². The molecule has 0 saturated carbocycles. The van der Waals surface area contributed by atoms with E-state index in [0.717, 1.165) is 59.3 Å². The summed E-state index contributed by atoms with van der Waals surface area (Å²) in [4.78, 5) is 27.2. The highest BCUT2D eigenvalue weighted by Gasteiger charge is 2.23. The van der Waals surface area contributed by atoms with Crippen molar-refractivity contribution in [3.8, 4) is 0 Å². The number of furan rings is 1. The van der Waals surface area contributed by atoms with Gasteiger partial charge in [0.1, 0.15) is 5.58 Å². The summed E-state index contributed by atoms with van der Waals surface area (Å²) in [6.45, 7) is 7.72. The third-order valence-electron chi connectivity index (χ3n) is 5.91. The highest BCUT2D eigenvalue weighted by Crippen LogP contribution is 2.33. The van der Waals surface area contributed by atoms with Crippen LogP contribution >= 0.6 is 0 Å². The molecule has 30 heavy (non-hydrogen) atoms. The fraction of sp³-hybridized carbons (Fsp3) is 0.333. The van der Waals surface area contributed by atoms with E-state index in [4.69, 9.17) is 10.2 Å². The molecule has 0 radical (unpaired) electrons. The maximum absolute atomic E-state index is 13.2. The number of piperidine rings is 1. The van der Waals surface area contributed by atoms with Crippen LogP contribution in [0.3, 0.4) is 0 Å². The van der Waals surface area contributed by atoms with Crippen LogP contribution in [0.25, 0.3) is 11.0 Å². The minimum absolute atomic E-state index is 0.288. The highest BCUT2D eigenvalue weighted by molar-refractivity contribution is 6.09. The molecule has 1 aliphatic heterocycles. The second-order valence-electron chi connectivity index (χ2n) is 8.06. The minimum Gasteiger partial charge on any atom is -0.450 e. The number of primary amides is 1. The molecule has 4 rings (SSSR count). The number of carbonyl (C=O) groups excluding carboxylic acids is 2. The first kappa shape index (κ1) is 20.0. The molecular formula is C24H27N3O3. The van der Waals surface area contributed by atoms with Gasteiger partial charge in [0.25, 0.3) is 5.91 Å². The van der Waals surface area contributed by atoms with Crippen LogP contribution in [-0.4, -0.2) is 24.9 Å². The van der Waals surface area contributed by atoms with E-state index in [2.05, 4.69) is 10.2 Å². The van der Waals surface area contributed by atoms with E-state index in [-0.39, 0.29) is 11.7 Å². The van der Waals surface area contributed by atoms with E-state index in [0.29, 0.717) is 11.3 Å². The molecule has 1 aromatic heterocycles. The molecule has 0 aliphatic carbocycles. The molecule has 0 spiro atoms. The molecule has 2 heterocycles. The quantitative estimate of drug-likeness (QED) is 0.658. The Bertz CT molecular complexity index is 1140. The van der Waals surface area contributed by atoms with Gasteiger partial charge in [-0.3, -0.25) is 9.59 Å². The number of aryl methyl sites for hydroxylation is 3. The number of amides is 2. The predicted molar refractivity (Wildman–Crippen MR) is 119 cm³/mol. The van der Waals surface area contributed by atoms with Gasteiger partial charge in [0, 0.05) is 29.6 Å². The smallest absolute Gasteiger partial charge is 0.291 e. The van der Waals surface area contributed by atoms with Gasteiger partial charge in [-0.05, 0) is 69.4 Å². The third kappa shape index (κ3) is 3.54. The van der Waals surface area contributed by atoms with Gasteiger partial charge in [0.2, 0.25) is 5.91 Å². The van der Waals surface area contributed by atoms with Crippen molar-refractivity contribution in [2.45, 2.75) is 40.0 Å². The first-order valence-electron chi connectivity index (χ1n) is 10.4. The van der Waals surface area contributed by atoms with Crippen molar-refractivity contribution in [2.24, 2.45) is 5.73 Å². The molecule has 6 nitrogen and oxygen atoms in total. The van der Waals surface area contributed by atoms with Gasteiger partial charge in [0.05, 0.1) is 11.4 Å². The van der Waals surface area contributed by atoms with Crippen LogP contribution in [0.2, 0.25) is 0 Å². The number of anilines is 2. The molecule has 156 valence electrons. The summed E-state index contributed by atoms with van der Waals surface area (Å²) in [6.07, 6.45) is 3.41. The summed E-state index contributed by atoms with van der Waals surface area (Å²) in [5.41, 5.74) is 10.9. The van der Waals surface area contributed by atoms with Gasteiger partial charge in [-0.15, -0.1) is 0 Å². The molecule has 1 aliphatic rings. The lowest BCUT2D eigenvalue weighted by molar-refractivity contribution is 0.0989. The average molecular weight is 405 g/mol. The lowest BCUT2D eigenvalue weighted by Gasteiger charge is -2.30. The second kappa shape index (κ2) is 7.86. The van der Waals surface area contributed by atoms with Gasteiger partial charge in [-0.1, -0.05) is 12.1 Å². The second-order valence-corrected chi connectivity index (χ2v) is 8.06. The fourth-order valence-electron chi connectivity index (χ4n) is 4.27. The molecule has 6 heteroatoms. The molecule has 1 saturated heterocycles. The highest BCUT2D eigenvalue weighted by atomic mass is 16.3. The van der Waals surface area contributed by atoms with Crippen LogP contribution < -0.4 is 16.0 Å². The van der Waals surface area contributed by atoms with E-state index in [1.54, 1.807) is 12.1 Å². The Balaban J connectivity index is 1.74. The Labute approximate surface area is 176 Å². The summed E-state index contributed by atoms with van der Waals surface area (Å²) in [5.74, 6) is -0.569. The summed E-state index contributed by atoms with van der Waals surface area (Å²) < 4.78 is 5.99. The van der Waals surface area contributed by atoms with E-state index in [1.807, 2.05) is 39.0 Å².